The number of carbonyl (C=O) groups is 1. The molecule has 7 nitrogen and oxygen atoms in total. The summed E-state index contributed by atoms with van der Waals surface area (Å²) in [6.07, 6.45) is -4.57. The first-order valence-corrected chi connectivity index (χ1v) is 9.82. The van der Waals surface area contributed by atoms with E-state index in [1.54, 1.807) is 4.68 Å². The second kappa shape index (κ2) is 8.01. The quantitative estimate of drug-likeness (QED) is 0.638. The van der Waals surface area contributed by atoms with Crippen molar-refractivity contribution in [2.75, 3.05) is 31.1 Å². The summed E-state index contributed by atoms with van der Waals surface area (Å²) >= 11 is 0. The molecule has 1 aromatic carbocycles. The van der Waals surface area contributed by atoms with Gasteiger partial charge in [-0.25, -0.2) is 4.68 Å². The Morgan fingerprint density at radius 1 is 0.935 bits per heavy atom. The smallest absolute Gasteiger partial charge is 0.352 e. The van der Waals surface area contributed by atoms with Crippen molar-refractivity contribution in [3.05, 3.63) is 65.0 Å². The van der Waals surface area contributed by atoms with Gasteiger partial charge in [0.25, 0.3) is 5.91 Å². The highest BCUT2D eigenvalue weighted by atomic mass is 19.4. The van der Waals surface area contributed by atoms with E-state index in [1.807, 2.05) is 36.9 Å². The summed E-state index contributed by atoms with van der Waals surface area (Å²) in [7, 11) is 0. The zero-order chi connectivity index (χ0) is 22.2. The normalized spacial score (nSPS) is 14.7. The predicted molar refractivity (Wildman–Crippen MR) is 108 cm³/mol. The number of benzene rings is 1. The molecule has 2 aromatic heterocycles. The average Bonchev–Trinajstić information content (AvgIpc) is 3.11. The molecule has 4 rings (SSSR count). The maximum Gasteiger partial charge on any atom is 0.417 e. The number of rotatable bonds is 3. The van der Waals surface area contributed by atoms with Gasteiger partial charge >= 0.3 is 6.18 Å². The van der Waals surface area contributed by atoms with Gasteiger partial charge in [-0.15, -0.1) is 10.2 Å². The third-order valence-electron chi connectivity index (χ3n) is 5.22. The van der Waals surface area contributed by atoms with Crippen molar-refractivity contribution < 1.29 is 18.0 Å². The molecule has 1 aliphatic heterocycles. The molecule has 1 aliphatic rings. The van der Waals surface area contributed by atoms with Crippen molar-refractivity contribution in [1.29, 1.82) is 0 Å². The molecule has 10 heteroatoms. The summed E-state index contributed by atoms with van der Waals surface area (Å²) in [5.41, 5.74) is 0.604. The van der Waals surface area contributed by atoms with Crippen LogP contribution in [0.15, 0.2) is 42.5 Å². The van der Waals surface area contributed by atoms with Crippen molar-refractivity contribution in [1.82, 2.24) is 24.9 Å². The average molecular weight is 430 g/mol. The Morgan fingerprint density at radius 2 is 1.58 bits per heavy atom. The molecule has 31 heavy (non-hydrogen) atoms. The van der Waals surface area contributed by atoms with Gasteiger partial charge in [-0.05, 0) is 44.2 Å². The van der Waals surface area contributed by atoms with Crippen molar-refractivity contribution in [3.8, 4) is 5.82 Å². The second-order valence-electron chi connectivity index (χ2n) is 7.41. The third-order valence-corrected chi connectivity index (χ3v) is 5.22. The van der Waals surface area contributed by atoms with Gasteiger partial charge < -0.3 is 9.80 Å². The Balaban J connectivity index is 1.43. The van der Waals surface area contributed by atoms with Crippen LogP contribution in [0.4, 0.5) is 19.0 Å². The monoisotopic (exact) mass is 430 g/mol. The maximum atomic E-state index is 13.2. The van der Waals surface area contributed by atoms with E-state index in [-0.39, 0.29) is 5.56 Å². The molecule has 0 atom stereocenters. The van der Waals surface area contributed by atoms with Gasteiger partial charge in [0.2, 0.25) is 0 Å². The highest BCUT2D eigenvalue weighted by molar-refractivity contribution is 5.96. The van der Waals surface area contributed by atoms with E-state index < -0.39 is 17.6 Å². The molecule has 0 saturated carbocycles. The molecule has 0 N–H and O–H groups in total. The van der Waals surface area contributed by atoms with Crippen LogP contribution in [0.5, 0.6) is 0 Å². The molecular weight excluding hydrogens is 409 g/mol. The molecule has 1 amide bonds. The number of alkyl halides is 3. The van der Waals surface area contributed by atoms with E-state index in [2.05, 4.69) is 15.3 Å². The molecule has 3 heterocycles. The van der Waals surface area contributed by atoms with E-state index in [9.17, 15) is 18.0 Å². The molecule has 3 aromatic rings. The van der Waals surface area contributed by atoms with Crippen molar-refractivity contribution in [3.63, 3.8) is 0 Å². The van der Waals surface area contributed by atoms with Crippen LogP contribution in [0.25, 0.3) is 5.82 Å². The largest absolute Gasteiger partial charge is 0.417 e. The Morgan fingerprint density at radius 3 is 2.16 bits per heavy atom. The Hall–Kier alpha value is -3.43. The summed E-state index contributed by atoms with van der Waals surface area (Å²) in [4.78, 5) is 16.1. The van der Waals surface area contributed by atoms with Gasteiger partial charge in [-0.3, -0.25) is 4.79 Å². The Labute approximate surface area is 177 Å². The zero-order valence-corrected chi connectivity index (χ0v) is 17.1. The minimum absolute atomic E-state index is 0.298. The SMILES string of the molecule is Cc1cc(C)n(-c2ccc(N3CCN(C(=O)c4ccccc4C(F)(F)F)CC3)nn2)n1. The number of carbonyl (C=O) groups excluding carboxylic acids is 1. The number of piperazine rings is 1. The highest BCUT2D eigenvalue weighted by Crippen LogP contribution is 2.32. The predicted octanol–water partition coefficient (Wildman–Crippen LogP) is 3.26. The third kappa shape index (κ3) is 4.23. The van der Waals surface area contributed by atoms with Crippen molar-refractivity contribution in [2.45, 2.75) is 20.0 Å². The second-order valence-corrected chi connectivity index (χ2v) is 7.41. The molecule has 0 aliphatic carbocycles. The minimum atomic E-state index is -4.57. The van der Waals surface area contributed by atoms with Crippen molar-refractivity contribution >= 4 is 11.7 Å². The van der Waals surface area contributed by atoms with Crippen LogP contribution in [0.2, 0.25) is 0 Å². The van der Waals surface area contributed by atoms with Gasteiger partial charge in [0, 0.05) is 31.9 Å². The number of anilines is 1. The number of amides is 1. The lowest BCUT2D eigenvalue weighted by Crippen LogP contribution is -2.49. The van der Waals surface area contributed by atoms with Gasteiger partial charge in [0.05, 0.1) is 16.8 Å². The summed E-state index contributed by atoms with van der Waals surface area (Å²) in [6, 6.07) is 10.5. The molecule has 0 unspecified atom stereocenters. The lowest BCUT2D eigenvalue weighted by atomic mass is 10.1. The summed E-state index contributed by atoms with van der Waals surface area (Å²) in [5, 5.41) is 12.9. The van der Waals surface area contributed by atoms with Gasteiger partial charge in [0.15, 0.2) is 11.6 Å². The minimum Gasteiger partial charge on any atom is -0.352 e. The molecule has 1 saturated heterocycles. The number of hydrogen-bond acceptors (Lipinski definition) is 5. The van der Waals surface area contributed by atoms with Crippen LogP contribution in [-0.4, -0.2) is 57.0 Å². The van der Waals surface area contributed by atoms with Crippen LogP contribution < -0.4 is 4.90 Å². The number of aromatic nitrogens is 4. The van der Waals surface area contributed by atoms with Gasteiger partial charge in [-0.1, -0.05) is 12.1 Å². The first kappa shape index (κ1) is 20.8. The Bertz CT molecular complexity index is 1090. The van der Waals surface area contributed by atoms with Crippen LogP contribution in [0, 0.1) is 13.8 Å². The van der Waals surface area contributed by atoms with Crippen LogP contribution in [0.1, 0.15) is 27.3 Å². The maximum absolute atomic E-state index is 13.2. The van der Waals surface area contributed by atoms with Crippen molar-refractivity contribution in [2.24, 2.45) is 0 Å². The first-order chi connectivity index (χ1) is 14.7. The summed E-state index contributed by atoms with van der Waals surface area (Å²) in [5.74, 6) is 0.638. The lowest BCUT2D eigenvalue weighted by molar-refractivity contribution is -0.138. The molecule has 0 radical (unpaired) electrons. The van der Waals surface area contributed by atoms with E-state index in [4.69, 9.17) is 0 Å². The zero-order valence-electron chi connectivity index (χ0n) is 17.1. The Kier molecular flexibility index (Phi) is 5.38. The molecule has 1 fully saturated rings. The van der Waals surface area contributed by atoms with E-state index in [0.29, 0.717) is 37.8 Å². The van der Waals surface area contributed by atoms with E-state index in [1.165, 1.54) is 23.1 Å². The number of nitrogens with zero attached hydrogens (tertiary/aromatic N) is 6. The number of hydrogen-bond donors (Lipinski definition) is 0. The van der Waals surface area contributed by atoms with Crippen LogP contribution >= 0.6 is 0 Å². The summed E-state index contributed by atoms with van der Waals surface area (Å²) in [6.45, 7) is 5.33. The van der Waals surface area contributed by atoms with E-state index >= 15 is 0 Å². The fourth-order valence-corrected chi connectivity index (χ4v) is 3.69. The lowest BCUT2D eigenvalue weighted by Gasteiger charge is -2.35. The first-order valence-electron chi connectivity index (χ1n) is 9.82. The van der Waals surface area contributed by atoms with Gasteiger partial charge in [0.1, 0.15) is 0 Å². The van der Waals surface area contributed by atoms with Crippen LogP contribution in [0.3, 0.4) is 0 Å². The van der Waals surface area contributed by atoms with Gasteiger partial charge in [-0.2, -0.15) is 18.3 Å². The fraction of sp³-hybridized carbons (Fsp3) is 0.333. The molecule has 0 bridgehead atoms. The molecule has 0 spiro atoms. The van der Waals surface area contributed by atoms with E-state index in [0.717, 1.165) is 17.5 Å². The summed E-state index contributed by atoms with van der Waals surface area (Å²) < 4.78 is 41.4. The number of halogens is 3. The van der Waals surface area contributed by atoms with Crippen LogP contribution in [-0.2, 0) is 6.18 Å². The fourth-order valence-electron chi connectivity index (χ4n) is 3.69. The highest BCUT2D eigenvalue weighted by Gasteiger charge is 2.36. The molecular formula is C21H21F3N6O. The topological polar surface area (TPSA) is 67.2 Å². The molecule has 162 valence electrons. The standard InChI is InChI=1S/C21H21F3N6O/c1-14-13-15(2)30(27-14)19-8-7-18(25-26-19)28-9-11-29(12-10-28)20(31)16-5-3-4-6-17(16)21(22,23)24/h3-8,13H,9-12H2,1-2H3. The number of aryl methyl sites for hydroxylation is 2.